The lowest BCUT2D eigenvalue weighted by atomic mass is 10.4. The van der Waals surface area contributed by atoms with Crippen molar-refractivity contribution in [1.29, 1.82) is 0 Å². The number of likely N-dealkylation sites (N-methyl/N-ethyl adjacent to an activating group) is 5. The molecule has 0 rings (SSSR count). The van der Waals surface area contributed by atoms with Crippen molar-refractivity contribution >= 4 is 0 Å². The van der Waals surface area contributed by atoms with Crippen molar-refractivity contribution in [3.63, 3.8) is 0 Å². The maximum Gasteiger partial charge on any atom is 0.0107 e. The quantitative estimate of drug-likeness (QED) is 0.599. The lowest BCUT2D eigenvalue weighted by Gasteiger charge is -2.20. The molecule has 0 aromatic carbocycles. The summed E-state index contributed by atoms with van der Waals surface area (Å²) in [5, 5.41) is 0. The van der Waals surface area contributed by atoms with Gasteiger partial charge in [-0.3, -0.25) is 0 Å². The number of hydrogen-bond donors (Lipinski definition) is 0. The summed E-state index contributed by atoms with van der Waals surface area (Å²) in [5.74, 6) is 0. The first-order valence-electron chi connectivity index (χ1n) is 7.42. The van der Waals surface area contributed by atoms with E-state index in [2.05, 4.69) is 87.9 Å². The van der Waals surface area contributed by atoms with Gasteiger partial charge in [-0.05, 0) is 63.4 Å². The summed E-state index contributed by atoms with van der Waals surface area (Å²) in [7, 11) is 19.0. The highest BCUT2D eigenvalue weighted by molar-refractivity contribution is 4.55. The van der Waals surface area contributed by atoms with Crippen LogP contribution in [0.1, 0.15) is 0 Å². The van der Waals surface area contributed by atoms with Crippen LogP contribution in [-0.2, 0) is 0 Å². The molecular weight excluding hydrogens is 250 g/mol. The zero-order chi connectivity index (χ0) is 16.1. The molecule has 0 bridgehead atoms. The van der Waals surface area contributed by atoms with Crippen LogP contribution < -0.4 is 0 Å². The molecule has 5 nitrogen and oxygen atoms in total. The molecular formula is C15H39N5. The van der Waals surface area contributed by atoms with Crippen molar-refractivity contribution in [3.05, 3.63) is 0 Å². The normalized spacial score (nSPS) is 11.7. The van der Waals surface area contributed by atoms with Crippen LogP contribution in [0, 0.1) is 0 Å². The molecule has 0 atom stereocenters. The van der Waals surface area contributed by atoms with Gasteiger partial charge in [-0.1, -0.05) is 0 Å². The van der Waals surface area contributed by atoms with Crippen LogP contribution in [-0.4, -0.2) is 127 Å². The van der Waals surface area contributed by atoms with E-state index in [1.807, 2.05) is 0 Å². The zero-order valence-electron chi connectivity index (χ0n) is 15.5. The molecule has 5 heteroatoms. The molecule has 0 aliphatic rings. The van der Waals surface area contributed by atoms with Crippen LogP contribution in [0.5, 0.6) is 0 Å². The van der Waals surface area contributed by atoms with Gasteiger partial charge in [0.15, 0.2) is 0 Å². The summed E-state index contributed by atoms with van der Waals surface area (Å²) in [6, 6.07) is 0. The monoisotopic (exact) mass is 289 g/mol. The van der Waals surface area contributed by atoms with Gasteiger partial charge in [-0.2, -0.15) is 0 Å². The van der Waals surface area contributed by atoms with Crippen LogP contribution in [0.15, 0.2) is 0 Å². The molecule has 0 aromatic rings. The predicted molar refractivity (Wildman–Crippen MR) is 91.7 cm³/mol. The van der Waals surface area contributed by atoms with Crippen molar-refractivity contribution < 1.29 is 0 Å². The Morgan fingerprint density at radius 3 is 0.750 bits per heavy atom. The third kappa shape index (κ3) is 22.9. The van der Waals surface area contributed by atoms with Crippen LogP contribution in [0.25, 0.3) is 0 Å². The van der Waals surface area contributed by atoms with E-state index < -0.39 is 0 Å². The molecule has 20 heavy (non-hydrogen) atoms. The van der Waals surface area contributed by atoms with E-state index >= 15 is 0 Å². The predicted octanol–water partition coefficient (Wildman–Crippen LogP) is 0.151. The zero-order valence-corrected chi connectivity index (χ0v) is 15.5. The van der Waals surface area contributed by atoms with Gasteiger partial charge in [-0.15, -0.1) is 0 Å². The summed E-state index contributed by atoms with van der Waals surface area (Å²) < 4.78 is 0. The second kappa shape index (κ2) is 13.8. The Hall–Kier alpha value is -0.200. The Balaban J connectivity index is 0. The minimum Gasteiger partial charge on any atom is -0.308 e. The molecule has 0 amide bonds. The van der Waals surface area contributed by atoms with Gasteiger partial charge in [0.1, 0.15) is 0 Å². The van der Waals surface area contributed by atoms with Crippen LogP contribution >= 0.6 is 0 Å². The summed E-state index contributed by atoms with van der Waals surface area (Å²) in [6.45, 7) is 6.88. The fraction of sp³-hybridized carbons (Fsp3) is 1.00. The maximum absolute atomic E-state index is 2.36. The molecule has 124 valence electrons. The molecule has 0 aromatic heterocycles. The van der Waals surface area contributed by atoms with Gasteiger partial charge in [0.05, 0.1) is 0 Å². The molecule has 0 N–H and O–H groups in total. The molecule has 0 radical (unpaired) electrons. The summed E-state index contributed by atoms with van der Waals surface area (Å²) in [4.78, 5) is 11.2. The van der Waals surface area contributed by atoms with E-state index in [0.29, 0.717) is 0 Å². The Kier molecular flexibility index (Phi) is 15.2. The van der Waals surface area contributed by atoms with Gasteiger partial charge in [0, 0.05) is 39.3 Å². The van der Waals surface area contributed by atoms with E-state index in [9.17, 15) is 0 Å². The smallest absolute Gasteiger partial charge is 0.0107 e. The molecule has 0 heterocycles. The highest BCUT2D eigenvalue weighted by Gasteiger charge is 1.99. The van der Waals surface area contributed by atoms with Gasteiger partial charge in [0.25, 0.3) is 0 Å². The fourth-order valence-corrected chi connectivity index (χ4v) is 1.25. The molecule has 0 saturated heterocycles. The molecule has 0 fully saturated rings. The first-order chi connectivity index (χ1) is 9.15. The third-order valence-electron chi connectivity index (χ3n) is 2.85. The van der Waals surface area contributed by atoms with Crippen molar-refractivity contribution in [1.82, 2.24) is 24.5 Å². The standard InChI is InChI=1S/C9H23N3.C6H16N2/c1-10(2)6-8-12(5)9-7-11(3)4;1-7(2)5-6-8(3)4/h6-9H2,1-5H3;5-6H2,1-4H3. The Bertz CT molecular complexity index is 173. The second-order valence-electron chi connectivity index (χ2n) is 6.52. The minimum absolute atomic E-state index is 1.14. The first kappa shape index (κ1) is 22.1. The van der Waals surface area contributed by atoms with E-state index in [4.69, 9.17) is 0 Å². The van der Waals surface area contributed by atoms with E-state index in [1.54, 1.807) is 0 Å². The van der Waals surface area contributed by atoms with Gasteiger partial charge >= 0.3 is 0 Å². The first-order valence-corrected chi connectivity index (χ1v) is 7.42. The van der Waals surface area contributed by atoms with Crippen molar-refractivity contribution in [2.75, 3.05) is 103 Å². The minimum atomic E-state index is 1.14. The maximum atomic E-state index is 2.36. The Labute approximate surface area is 128 Å². The Morgan fingerprint density at radius 2 is 0.550 bits per heavy atom. The largest absolute Gasteiger partial charge is 0.308 e. The third-order valence-corrected chi connectivity index (χ3v) is 2.85. The van der Waals surface area contributed by atoms with E-state index in [-0.39, 0.29) is 0 Å². The lowest BCUT2D eigenvalue weighted by Crippen LogP contribution is -2.33. The van der Waals surface area contributed by atoms with Crippen LogP contribution in [0.4, 0.5) is 0 Å². The number of nitrogens with zero attached hydrogens (tertiary/aromatic N) is 5. The van der Waals surface area contributed by atoms with Crippen molar-refractivity contribution in [3.8, 4) is 0 Å². The van der Waals surface area contributed by atoms with Gasteiger partial charge < -0.3 is 24.5 Å². The molecule has 0 saturated carbocycles. The number of rotatable bonds is 9. The van der Waals surface area contributed by atoms with E-state index in [1.165, 1.54) is 0 Å². The fourth-order valence-electron chi connectivity index (χ4n) is 1.25. The molecule has 0 spiro atoms. The molecule has 0 aliphatic heterocycles. The summed E-state index contributed by atoms with van der Waals surface area (Å²) >= 11 is 0. The SMILES string of the molecule is CN(C)CCN(C)C.CN(C)CCN(C)CCN(C)C. The van der Waals surface area contributed by atoms with Gasteiger partial charge in [-0.25, -0.2) is 0 Å². The van der Waals surface area contributed by atoms with Crippen molar-refractivity contribution in [2.24, 2.45) is 0 Å². The second-order valence-corrected chi connectivity index (χ2v) is 6.52. The molecule has 0 aliphatic carbocycles. The highest BCUT2D eigenvalue weighted by Crippen LogP contribution is 1.85. The highest BCUT2D eigenvalue weighted by atomic mass is 15.2. The van der Waals surface area contributed by atoms with Gasteiger partial charge in [0.2, 0.25) is 0 Å². The van der Waals surface area contributed by atoms with E-state index in [0.717, 1.165) is 39.3 Å². The Morgan fingerprint density at radius 1 is 0.350 bits per heavy atom. The topological polar surface area (TPSA) is 16.2 Å². The lowest BCUT2D eigenvalue weighted by molar-refractivity contribution is 0.254. The van der Waals surface area contributed by atoms with Crippen LogP contribution in [0.2, 0.25) is 0 Å². The average Bonchev–Trinajstić information content (AvgIpc) is 2.32. The summed E-state index contributed by atoms with van der Waals surface area (Å²) in [6.07, 6.45) is 0. The van der Waals surface area contributed by atoms with Crippen LogP contribution in [0.3, 0.4) is 0 Å². The average molecular weight is 290 g/mol. The molecule has 0 unspecified atom stereocenters. The summed E-state index contributed by atoms with van der Waals surface area (Å²) in [5.41, 5.74) is 0. The number of hydrogen-bond acceptors (Lipinski definition) is 5. The van der Waals surface area contributed by atoms with Crippen molar-refractivity contribution in [2.45, 2.75) is 0 Å².